The van der Waals surface area contributed by atoms with Crippen molar-refractivity contribution in [3.05, 3.63) is 16.6 Å². The summed E-state index contributed by atoms with van der Waals surface area (Å²) in [6.45, 7) is 4.45. The molecule has 2 heterocycles. The van der Waals surface area contributed by atoms with Crippen molar-refractivity contribution >= 4 is 40.6 Å². The minimum absolute atomic E-state index is 0.167. The van der Waals surface area contributed by atoms with Crippen molar-refractivity contribution in [2.45, 2.75) is 36.0 Å². The van der Waals surface area contributed by atoms with Gasteiger partial charge in [0, 0.05) is 27.8 Å². The van der Waals surface area contributed by atoms with Crippen LogP contribution in [0.3, 0.4) is 0 Å². The molecule has 0 aromatic carbocycles. The van der Waals surface area contributed by atoms with Gasteiger partial charge >= 0.3 is 0 Å². The smallest absolute Gasteiger partial charge is 0.153 e. The molecule has 0 N–H and O–H groups in total. The number of rotatable bonds is 3. The number of thiazole rings is 1. The van der Waals surface area contributed by atoms with Crippen molar-refractivity contribution in [3.8, 4) is 0 Å². The zero-order valence-electron chi connectivity index (χ0n) is 9.38. The van der Waals surface area contributed by atoms with Gasteiger partial charge < -0.3 is 0 Å². The van der Waals surface area contributed by atoms with Gasteiger partial charge in [0.25, 0.3) is 0 Å². The van der Waals surface area contributed by atoms with Gasteiger partial charge in [0.15, 0.2) is 5.78 Å². The number of hydrogen-bond donors (Lipinski definition) is 0. The molecule has 0 aliphatic carbocycles. The van der Waals surface area contributed by atoms with Gasteiger partial charge in [-0.15, -0.1) is 23.1 Å². The molecule has 88 valence electrons. The molecule has 0 bridgehead atoms. The molecule has 16 heavy (non-hydrogen) atoms. The highest BCUT2D eigenvalue weighted by Crippen LogP contribution is 2.36. The van der Waals surface area contributed by atoms with Crippen LogP contribution in [-0.4, -0.2) is 32.3 Å². The lowest BCUT2D eigenvalue weighted by Gasteiger charge is -2.30. The summed E-state index contributed by atoms with van der Waals surface area (Å²) in [4.78, 5) is 16.2. The molecule has 2 rings (SSSR count). The molecule has 1 aliphatic heterocycles. The van der Waals surface area contributed by atoms with Crippen LogP contribution in [0.4, 0.5) is 0 Å². The zero-order valence-corrected chi connectivity index (χ0v) is 11.8. The van der Waals surface area contributed by atoms with Gasteiger partial charge in [0.05, 0.1) is 16.7 Å². The number of nitrogens with zero attached hydrogens (tertiary/aromatic N) is 1. The monoisotopic (exact) mass is 273 g/mol. The van der Waals surface area contributed by atoms with Crippen LogP contribution in [0.2, 0.25) is 0 Å². The van der Waals surface area contributed by atoms with Crippen LogP contribution in [-0.2, 0) is 11.2 Å². The van der Waals surface area contributed by atoms with Crippen LogP contribution in [0.1, 0.15) is 18.9 Å². The number of thioether (sulfide) groups is 2. The molecule has 1 aromatic rings. The first-order valence-corrected chi connectivity index (χ1v) is 8.22. The highest BCUT2D eigenvalue weighted by Gasteiger charge is 2.30. The van der Waals surface area contributed by atoms with E-state index >= 15 is 0 Å². The van der Waals surface area contributed by atoms with E-state index in [1.165, 1.54) is 0 Å². The molecule has 1 fully saturated rings. The fraction of sp³-hybridized carbons (Fsp3) is 0.636. The van der Waals surface area contributed by atoms with Crippen molar-refractivity contribution in [1.29, 1.82) is 0 Å². The quantitative estimate of drug-likeness (QED) is 0.847. The zero-order chi connectivity index (χ0) is 11.5. The molecule has 3 atom stereocenters. The van der Waals surface area contributed by atoms with Crippen molar-refractivity contribution in [2.75, 3.05) is 5.75 Å². The highest BCUT2D eigenvalue weighted by atomic mass is 32.2. The molecule has 0 amide bonds. The lowest BCUT2D eigenvalue weighted by Crippen LogP contribution is -2.32. The lowest BCUT2D eigenvalue weighted by molar-refractivity contribution is -0.117. The second kappa shape index (κ2) is 5.56. The molecule has 0 spiro atoms. The number of hydrogen-bond acceptors (Lipinski definition) is 5. The molecule has 0 radical (unpaired) electrons. The topological polar surface area (TPSA) is 30.0 Å². The van der Waals surface area contributed by atoms with E-state index in [-0.39, 0.29) is 5.25 Å². The first-order chi connectivity index (χ1) is 7.66. The van der Waals surface area contributed by atoms with E-state index in [4.69, 9.17) is 0 Å². The number of aromatic nitrogens is 1. The maximum Gasteiger partial charge on any atom is 0.153 e. The summed E-state index contributed by atoms with van der Waals surface area (Å²) in [5, 5.41) is 4.27. The first kappa shape index (κ1) is 12.5. The van der Waals surface area contributed by atoms with Gasteiger partial charge in [0.1, 0.15) is 0 Å². The Labute approximate surface area is 109 Å². The van der Waals surface area contributed by atoms with Crippen LogP contribution < -0.4 is 0 Å². The third-order valence-electron chi connectivity index (χ3n) is 2.72. The average Bonchev–Trinajstić information content (AvgIpc) is 2.74. The Kier molecular flexibility index (Phi) is 4.33. The SMILES string of the molecule is CC1SCC(C(=O)Cc2nccs2)SC1C. The van der Waals surface area contributed by atoms with Gasteiger partial charge in [-0.2, -0.15) is 11.8 Å². The van der Waals surface area contributed by atoms with E-state index < -0.39 is 0 Å². The Morgan fingerprint density at radius 2 is 2.31 bits per heavy atom. The molecule has 1 saturated heterocycles. The van der Waals surface area contributed by atoms with Crippen LogP contribution >= 0.6 is 34.9 Å². The van der Waals surface area contributed by atoms with Gasteiger partial charge in [-0.05, 0) is 0 Å². The minimum Gasteiger partial charge on any atom is -0.298 e. The van der Waals surface area contributed by atoms with Gasteiger partial charge in [-0.1, -0.05) is 13.8 Å². The van der Waals surface area contributed by atoms with Gasteiger partial charge in [-0.3, -0.25) is 4.79 Å². The predicted octanol–water partition coefficient (Wildman–Crippen LogP) is 2.88. The summed E-state index contributed by atoms with van der Waals surface area (Å²) in [6.07, 6.45) is 2.28. The highest BCUT2D eigenvalue weighted by molar-refractivity contribution is 8.08. The summed E-state index contributed by atoms with van der Waals surface area (Å²) in [7, 11) is 0. The molecule has 3 unspecified atom stereocenters. The average molecular weight is 273 g/mol. The molecular weight excluding hydrogens is 258 g/mol. The van der Waals surface area contributed by atoms with Crippen molar-refractivity contribution in [1.82, 2.24) is 4.98 Å². The molecule has 1 aromatic heterocycles. The van der Waals surface area contributed by atoms with E-state index in [0.29, 0.717) is 22.7 Å². The van der Waals surface area contributed by atoms with Crippen LogP contribution in [0.25, 0.3) is 0 Å². The fourth-order valence-corrected chi connectivity index (χ4v) is 5.07. The van der Waals surface area contributed by atoms with E-state index in [0.717, 1.165) is 10.8 Å². The maximum atomic E-state index is 12.1. The fourth-order valence-electron chi connectivity index (χ4n) is 1.56. The molecule has 5 heteroatoms. The van der Waals surface area contributed by atoms with Crippen molar-refractivity contribution in [2.24, 2.45) is 0 Å². The normalized spacial score (nSPS) is 30.2. The van der Waals surface area contributed by atoms with Gasteiger partial charge in [0.2, 0.25) is 0 Å². The summed E-state index contributed by atoms with van der Waals surface area (Å²) in [6, 6.07) is 0. The third kappa shape index (κ3) is 3.02. The number of Topliss-reactive ketones (excluding diaryl/α,β-unsaturated/α-hetero) is 1. The van der Waals surface area contributed by atoms with Crippen molar-refractivity contribution < 1.29 is 4.79 Å². The van der Waals surface area contributed by atoms with Crippen LogP contribution in [0.5, 0.6) is 0 Å². The Bertz CT molecular complexity index is 352. The van der Waals surface area contributed by atoms with Gasteiger partial charge in [-0.25, -0.2) is 4.98 Å². The lowest BCUT2D eigenvalue weighted by atomic mass is 10.2. The second-order valence-corrected chi connectivity index (χ2v) is 7.91. The van der Waals surface area contributed by atoms with Crippen LogP contribution in [0.15, 0.2) is 11.6 Å². The van der Waals surface area contributed by atoms with Crippen molar-refractivity contribution in [3.63, 3.8) is 0 Å². The first-order valence-electron chi connectivity index (χ1n) is 5.35. The largest absolute Gasteiger partial charge is 0.298 e. The molecular formula is C11H15NOS3. The number of carbonyl (C=O) groups is 1. The molecule has 2 nitrogen and oxygen atoms in total. The number of ketones is 1. The summed E-state index contributed by atoms with van der Waals surface area (Å²) >= 11 is 5.32. The Morgan fingerprint density at radius 3 is 2.94 bits per heavy atom. The Hall–Kier alpha value is -0.000000000000000111. The Balaban J connectivity index is 1.90. The predicted molar refractivity (Wildman–Crippen MR) is 73.6 cm³/mol. The maximum absolute atomic E-state index is 12.1. The van der Waals surface area contributed by atoms with E-state index in [1.54, 1.807) is 17.5 Å². The standard InChI is InChI=1S/C11H15NOS3/c1-7-8(2)16-10(6-15-7)9(13)5-11-12-3-4-14-11/h3-4,7-8,10H,5-6H2,1-2H3. The third-order valence-corrected chi connectivity index (χ3v) is 6.94. The second-order valence-electron chi connectivity index (χ2n) is 3.94. The summed E-state index contributed by atoms with van der Waals surface area (Å²) in [5.74, 6) is 1.30. The summed E-state index contributed by atoms with van der Waals surface area (Å²) < 4.78 is 0. The van der Waals surface area contributed by atoms with Crippen LogP contribution in [0, 0.1) is 0 Å². The van der Waals surface area contributed by atoms with E-state index in [1.807, 2.05) is 28.9 Å². The van der Waals surface area contributed by atoms with E-state index in [9.17, 15) is 4.79 Å². The molecule has 1 aliphatic rings. The number of carbonyl (C=O) groups excluding carboxylic acids is 1. The summed E-state index contributed by atoms with van der Waals surface area (Å²) in [5.41, 5.74) is 0. The Morgan fingerprint density at radius 1 is 1.50 bits per heavy atom. The minimum atomic E-state index is 0.167. The van der Waals surface area contributed by atoms with E-state index in [2.05, 4.69) is 18.8 Å². The molecule has 0 saturated carbocycles.